The molecule has 0 aliphatic carbocycles. The number of hydrogen-bond donors (Lipinski definition) is 2. The van der Waals surface area contributed by atoms with E-state index in [9.17, 15) is 17.6 Å². The summed E-state index contributed by atoms with van der Waals surface area (Å²) >= 11 is 0. The van der Waals surface area contributed by atoms with Crippen LogP contribution in [0.15, 0.2) is 54.7 Å². The molecule has 5 nitrogen and oxygen atoms in total. The van der Waals surface area contributed by atoms with Gasteiger partial charge in [0, 0.05) is 5.69 Å². The van der Waals surface area contributed by atoms with Crippen molar-refractivity contribution in [3.8, 4) is 0 Å². The van der Waals surface area contributed by atoms with E-state index in [-0.39, 0.29) is 17.5 Å². The molecular weight excluding hydrogens is 338 g/mol. The van der Waals surface area contributed by atoms with Crippen molar-refractivity contribution in [1.29, 1.82) is 0 Å². The van der Waals surface area contributed by atoms with Gasteiger partial charge in [-0.25, -0.2) is 4.39 Å². The molecule has 0 amide bonds. The van der Waals surface area contributed by atoms with Crippen LogP contribution in [-0.2, 0) is 6.18 Å². The number of rotatable bonds is 4. The van der Waals surface area contributed by atoms with Gasteiger partial charge >= 0.3 is 6.18 Å². The summed E-state index contributed by atoms with van der Waals surface area (Å²) in [7, 11) is 0. The van der Waals surface area contributed by atoms with Crippen molar-refractivity contribution in [2.75, 3.05) is 10.6 Å². The molecule has 1 heterocycles. The highest BCUT2D eigenvalue weighted by Crippen LogP contribution is 2.35. The molecular formula is C16H11F4N5. The van der Waals surface area contributed by atoms with Crippen LogP contribution in [0, 0.1) is 5.82 Å². The van der Waals surface area contributed by atoms with Gasteiger partial charge in [-0.3, -0.25) is 0 Å². The fraction of sp³-hybridized carbons (Fsp3) is 0.0625. The molecule has 0 spiro atoms. The van der Waals surface area contributed by atoms with Gasteiger partial charge in [-0.05, 0) is 36.4 Å². The fourth-order valence-electron chi connectivity index (χ4n) is 2.06. The zero-order valence-electron chi connectivity index (χ0n) is 12.5. The standard InChI is InChI=1S/C16H11F4N5/c17-10-5-7-11(8-6-10)22-15-24-14(9-21-25-15)23-13-4-2-1-3-12(13)16(18,19)20/h1-9H,(H2,22,23,24,25). The molecule has 25 heavy (non-hydrogen) atoms. The molecule has 3 rings (SSSR count). The summed E-state index contributed by atoms with van der Waals surface area (Å²) in [6.45, 7) is 0. The molecule has 0 unspecified atom stereocenters. The number of para-hydroxylation sites is 1. The van der Waals surface area contributed by atoms with E-state index in [0.29, 0.717) is 5.69 Å². The minimum Gasteiger partial charge on any atom is -0.338 e. The summed E-state index contributed by atoms with van der Waals surface area (Å²) < 4.78 is 52.0. The molecule has 0 atom stereocenters. The molecule has 0 radical (unpaired) electrons. The molecule has 0 fully saturated rings. The minimum absolute atomic E-state index is 0.0566. The first-order valence-corrected chi connectivity index (χ1v) is 7.07. The van der Waals surface area contributed by atoms with Gasteiger partial charge in [-0.2, -0.15) is 23.3 Å². The molecule has 0 aliphatic rings. The summed E-state index contributed by atoms with van der Waals surface area (Å²) in [5, 5.41) is 12.8. The zero-order chi connectivity index (χ0) is 17.9. The Morgan fingerprint density at radius 1 is 0.880 bits per heavy atom. The van der Waals surface area contributed by atoms with E-state index in [2.05, 4.69) is 25.8 Å². The van der Waals surface area contributed by atoms with E-state index in [1.54, 1.807) is 0 Å². The second-order valence-electron chi connectivity index (χ2n) is 4.97. The normalized spacial score (nSPS) is 11.2. The summed E-state index contributed by atoms with van der Waals surface area (Å²) in [5.74, 6) is -0.263. The van der Waals surface area contributed by atoms with Gasteiger partial charge in [0.15, 0.2) is 5.82 Å². The Hall–Kier alpha value is -3.23. The third kappa shape index (κ3) is 4.19. The number of aromatic nitrogens is 3. The molecule has 9 heteroatoms. The van der Waals surface area contributed by atoms with Crippen molar-refractivity contribution < 1.29 is 17.6 Å². The van der Waals surface area contributed by atoms with Crippen LogP contribution in [0.3, 0.4) is 0 Å². The lowest BCUT2D eigenvalue weighted by atomic mass is 10.1. The molecule has 0 saturated carbocycles. The number of benzene rings is 2. The second-order valence-corrected chi connectivity index (χ2v) is 4.97. The minimum atomic E-state index is -4.50. The van der Waals surface area contributed by atoms with Crippen LogP contribution in [0.2, 0.25) is 0 Å². The van der Waals surface area contributed by atoms with Crippen molar-refractivity contribution >= 4 is 23.1 Å². The third-order valence-corrected chi connectivity index (χ3v) is 3.15. The first kappa shape index (κ1) is 16.6. The van der Waals surface area contributed by atoms with Crippen LogP contribution in [0.25, 0.3) is 0 Å². The zero-order valence-corrected chi connectivity index (χ0v) is 12.5. The molecule has 3 aromatic rings. The number of hydrogen-bond acceptors (Lipinski definition) is 5. The number of nitrogens with one attached hydrogen (secondary N) is 2. The molecule has 0 aliphatic heterocycles. The Morgan fingerprint density at radius 3 is 2.32 bits per heavy atom. The Kier molecular flexibility index (Phi) is 4.46. The summed E-state index contributed by atoms with van der Waals surface area (Å²) in [6, 6.07) is 10.5. The summed E-state index contributed by atoms with van der Waals surface area (Å²) in [6.07, 6.45) is -3.30. The smallest absolute Gasteiger partial charge is 0.338 e. The monoisotopic (exact) mass is 349 g/mol. The SMILES string of the molecule is Fc1ccc(Nc2nncc(Nc3ccccc3C(F)(F)F)n2)cc1. The average molecular weight is 349 g/mol. The van der Waals surface area contributed by atoms with Crippen molar-refractivity contribution in [3.63, 3.8) is 0 Å². The van der Waals surface area contributed by atoms with Crippen LogP contribution < -0.4 is 10.6 Å². The van der Waals surface area contributed by atoms with E-state index in [0.717, 1.165) is 6.07 Å². The fourth-order valence-corrected chi connectivity index (χ4v) is 2.06. The van der Waals surface area contributed by atoms with Crippen LogP contribution in [0.4, 0.5) is 40.7 Å². The van der Waals surface area contributed by atoms with Crippen LogP contribution in [0.5, 0.6) is 0 Å². The summed E-state index contributed by atoms with van der Waals surface area (Å²) in [5.41, 5.74) is -0.457. The second kappa shape index (κ2) is 6.71. The van der Waals surface area contributed by atoms with Crippen LogP contribution in [-0.4, -0.2) is 15.2 Å². The van der Waals surface area contributed by atoms with Crippen LogP contribution in [0.1, 0.15) is 5.56 Å². The van der Waals surface area contributed by atoms with E-state index in [1.807, 2.05) is 0 Å². The number of halogens is 4. The Balaban J connectivity index is 1.82. The Labute approximate surface area is 139 Å². The van der Waals surface area contributed by atoms with Crippen molar-refractivity contribution in [1.82, 2.24) is 15.2 Å². The lowest BCUT2D eigenvalue weighted by molar-refractivity contribution is -0.136. The largest absolute Gasteiger partial charge is 0.418 e. The van der Waals surface area contributed by atoms with E-state index in [1.165, 1.54) is 48.7 Å². The van der Waals surface area contributed by atoms with E-state index >= 15 is 0 Å². The molecule has 2 aromatic carbocycles. The lowest BCUT2D eigenvalue weighted by Gasteiger charge is -2.14. The lowest BCUT2D eigenvalue weighted by Crippen LogP contribution is -2.09. The highest BCUT2D eigenvalue weighted by Gasteiger charge is 2.33. The topological polar surface area (TPSA) is 62.7 Å². The number of anilines is 4. The molecule has 1 aromatic heterocycles. The number of alkyl halides is 3. The third-order valence-electron chi connectivity index (χ3n) is 3.15. The van der Waals surface area contributed by atoms with Gasteiger partial charge in [0.2, 0.25) is 5.95 Å². The predicted molar refractivity (Wildman–Crippen MR) is 84.2 cm³/mol. The van der Waals surface area contributed by atoms with Crippen molar-refractivity contribution in [3.05, 3.63) is 66.1 Å². The van der Waals surface area contributed by atoms with Gasteiger partial charge < -0.3 is 10.6 Å². The van der Waals surface area contributed by atoms with E-state index < -0.39 is 17.6 Å². The molecule has 0 saturated heterocycles. The van der Waals surface area contributed by atoms with Crippen LogP contribution >= 0.6 is 0 Å². The predicted octanol–water partition coefficient (Wildman–Crippen LogP) is 4.52. The Bertz CT molecular complexity index is 865. The molecule has 2 N–H and O–H groups in total. The number of nitrogens with zero attached hydrogens (tertiary/aromatic N) is 3. The summed E-state index contributed by atoms with van der Waals surface area (Å²) in [4.78, 5) is 4.05. The van der Waals surface area contributed by atoms with Gasteiger partial charge in [0.05, 0.1) is 17.4 Å². The van der Waals surface area contributed by atoms with Crippen molar-refractivity contribution in [2.24, 2.45) is 0 Å². The average Bonchev–Trinajstić information content (AvgIpc) is 2.57. The van der Waals surface area contributed by atoms with Gasteiger partial charge in [0.1, 0.15) is 5.82 Å². The van der Waals surface area contributed by atoms with E-state index in [4.69, 9.17) is 0 Å². The molecule has 0 bridgehead atoms. The van der Waals surface area contributed by atoms with Crippen molar-refractivity contribution in [2.45, 2.75) is 6.18 Å². The maximum absolute atomic E-state index is 13.0. The van der Waals surface area contributed by atoms with Gasteiger partial charge in [-0.15, -0.1) is 5.10 Å². The van der Waals surface area contributed by atoms with Gasteiger partial charge in [-0.1, -0.05) is 12.1 Å². The Morgan fingerprint density at radius 2 is 1.60 bits per heavy atom. The first-order valence-electron chi connectivity index (χ1n) is 7.07. The highest BCUT2D eigenvalue weighted by atomic mass is 19.4. The highest BCUT2D eigenvalue weighted by molar-refractivity contribution is 5.62. The van der Waals surface area contributed by atoms with Gasteiger partial charge in [0.25, 0.3) is 0 Å². The quantitative estimate of drug-likeness (QED) is 0.678. The maximum Gasteiger partial charge on any atom is 0.418 e. The molecule has 128 valence electrons. The first-order chi connectivity index (χ1) is 11.9. The maximum atomic E-state index is 13.0.